The topological polar surface area (TPSA) is 101 Å². The molecule has 25 heavy (non-hydrogen) atoms. The minimum absolute atomic E-state index is 0.0103. The third-order valence-electron chi connectivity index (χ3n) is 3.38. The molecule has 0 aliphatic carbocycles. The lowest BCUT2D eigenvalue weighted by molar-refractivity contribution is 0.0696. The largest absolute Gasteiger partial charge is 0.478 e. The van der Waals surface area contributed by atoms with Crippen molar-refractivity contribution in [2.45, 2.75) is 37.6 Å². The summed E-state index contributed by atoms with van der Waals surface area (Å²) in [6.07, 6.45) is -0.375. The fraction of sp³-hybridized carbons (Fsp3) is 0.333. The predicted octanol–water partition coefficient (Wildman–Crippen LogP) is 2.77. The minimum atomic E-state index is -4.11. The summed E-state index contributed by atoms with van der Waals surface area (Å²) in [5.74, 6) is -1.42. The number of carboxylic acid groups (broad SMARTS) is 1. The molecule has 0 saturated heterocycles. The molecule has 136 valence electrons. The maximum Gasteiger partial charge on any atom is 0.335 e. The van der Waals surface area contributed by atoms with Crippen molar-refractivity contribution in [2.24, 2.45) is 0 Å². The van der Waals surface area contributed by atoms with E-state index in [1.807, 2.05) is 0 Å². The van der Waals surface area contributed by atoms with Crippen LogP contribution in [0.2, 0.25) is 0 Å². The molecule has 1 aromatic carbocycles. The molecular weight excluding hydrogens is 356 g/mol. The second kappa shape index (κ2) is 7.18. The van der Waals surface area contributed by atoms with Gasteiger partial charge in [-0.1, -0.05) is 19.9 Å². The molecule has 0 radical (unpaired) electrons. The van der Waals surface area contributed by atoms with E-state index in [1.165, 1.54) is 12.1 Å². The smallest absolute Gasteiger partial charge is 0.335 e. The molecule has 0 spiro atoms. The van der Waals surface area contributed by atoms with Gasteiger partial charge < -0.3 is 5.11 Å². The molecule has 2 N–H and O–H groups in total. The average Bonchev–Trinajstić information content (AvgIpc) is 2.91. The van der Waals surface area contributed by atoms with Crippen LogP contribution in [0.1, 0.15) is 35.7 Å². The number of nitrogens with one attached hydrogen (secondary N) is 1. The molecule has 1 aromatic heterocycles. The first kappa shape index (κ1) is 18.8. The standard InChI is InChI=1S/C15H17F2N3O4S/c1-9(2)12-4-3-10(15(21)22)5-13(12)25(23,24)19-11-6-18-20(7-11)8-14(16)17/h3-7,9,14,19H,8H2,1-2H3,(H,21,22). The number of aromatic nitrogens is 2. The van der Waals surface area contributed by atoms with E-state index in [1.54, 1.807) is 13.8 Å². The van der Waals surface area contributed by atoms with Crippen LogP contribution >= 0.6 is 0 Å². The predicted molar refractivity (Wildman–Crippen MR) is 86.5 cm³/mol. The molecule has 0 saturated carbocycles. The fourth-order valence-corrected chi connectivity index (χ4v) is 3.67. The van der Waals surface area contributed by atoms with Gasteiger partial charge in [0.25, 0.3) is 16.4 Å². The van der Waals surface area contributed by atoms with E-state index >= 15 is 0 Å². The Kier molecular flexibility index (Phi) is 5.41. The summed E-state index contributed by atoms with van der Waals surface area (Å²) in [6, 6.07) is 3.85. The number of aromatic carboxylic acids is 1. The lowest BCUT2D eigenvalue weighted by Crippen LogP contribution is -2.16. The molecule has 10 heteroatoms. The highest BCUT2D eigenvalue weighted by molar-refractivity contribution is 7.92. The Morgan fingerprint density at radius 1 is 1.36 bits per heavy atom. The first-order valence-corrected chi connectivity index (χ1v) is 8.79. The minimum Gasteiger partial charge on any atom is -0.478 e. The second-order valence-corrected chi connectivity index (χ2v) is 7.31. The lowest BCUT2D eigenvalue weighted by atomic mass is 10.0. The molecule has 0 bridgehead atoms. The summed E-state index contributed by atoms with van der Waals surface area (Å²) in [6.45, 7) is 2.89. The Balaban J connectivity index is 2.39. The zero-order chi connectivity index (χ0) is 18.8. The van der Waals surface area contributed by atoms with Crippen LogP contribution in [0, 0.1) is 0 Å². The van der Waals surface area contributed by atoms with Crippen LogP contribution in [0.5, 0.6) is 0 Å². The zero-order valence-electron chi connectivity index (χ0n) is 13.5. The van der Waals surface area contributed by atoms with Crippen LogP contribution in [0.25, 0.3) is 0 Å². The van der Waals surface area contributed by atoms with Gasteiger partial charge >= 0.3 is 5.97 Å². The van der Waals surface area contributed by atoms with E-state index in [2.05, 4.69) is 9.82 Å². The van der Waals surface area contributed by atoms with Crippen LogP contribution < -0.4 is 4.72 Å². The maximum atomic E-state index is 12.6. The van der Waals surface area contributed by atoms with Crippen molar-refractivity contribution in [2.75, 3.05) is 4.72 Å². The summed E-state index contributed by atoms with van der Waals surface area (Å²) in [5, 5.41) is 12.7. The Labute approximate surface area is 143 Å². The Morgan fingerprint density at radius 3 is 2.60 bits per heavy atom. The summed E-state index contributed by atoms with van der Waals surface area (Å²) < 4.78 is 53.1. The monoisotopic (exact) mass is 373 g/mol. The number of hydrogen-bond donors (Lipinski definition) is 2. The Hall–Kier alpha value is -2.49. The van der Waals surface area contributed by atoms with Crippen LogP contribution in [-0.2, 0) is 16.6 Å². The van der Waals surface area contributed by atoms with Gasteiger partial charge in [0.15, 0.2) is 0 Å². The van der Waals surface area contributed by atoms with Crippen LogP contribution in [0.15, 0.2) is 35.5 Å². The van der Waals surface area contributed by atoms with Crippen molar-refractivity contribution in [3.05, 3.63) is 41.7 Å². The van der Waals surface area contributed by atoms with Gasteiger partial charge in [-0.25, -0.2) is 22.0 Å². The second-order valence-electron chi connectivity index (χ2n) is 5.66. The van der Waals surface area contributed by atoms with Crippen molar-refractivity contribution < 1.29 is 27.1 Å². The molecule has 0 aliphatic heterocycles. The molecule has 0 amide bonds. The highest BCUT2D eigenvalue weighted by Gasteiger charge is 2.23. The van der Waals surface area contributed by atoms with Crippen molar-refractivity contribution in [3.8, 4) is 0 Å². The number of rotatable bonds is 7. The number of carbonyl (C=O) groups is 1. The maximum absolute atomic E-state index is 12.6. The third-order valence-corrected chi connectivity index (χ3v) is 4.82. The molecule has 0 aliphatic rings. The normalized spacial score (nSPS) is 11.9. The summed E-state index contributed by atoms with van der Waals surface area (Å²) >= 11 is 0. The molecule has 0 atom stereocenters. The van der Waals surface area contributed by atoms with Gasteiger partial charge in [0.05, 0.1) is 22.3 Å². The highest BCUT2D eigenvalue weighted by Crippen LogP contribution is 2.27. The molecule has 0 unspecified atom stereocenters. The van der Waals surface area contributed by atoms with E-state index in [9.17, 15) is 22.0 Å². The molecule has 1 heterocycles. The molecule has 0 fully saturated rings. The number of benzene rings is 1. The van der Waals surface area contributed by atoms with E-state index in [0.717, 1.165) is 23.1 Å². The number of nitrogens with zero attached hydrogens (tertiary/aromatic N) is 2. The van der Waals surface area contributed by atoms with E-state index in [-0.39, 0.29) is 22.1 Å². The third kappa shape index (κ3) is 4.53. The number of halogens is 2. The average molecular weight is 373 g/mol. The molecule has 2 rings (SSSR count). The number of anilines is 1. The van der Waals surface area contributed by atoms with Crippen molar-refractivity contribution in [1.82, 2.24) is 9.78 Å². The first-order chi connectivity index (χ1) is 11.6. The van der Waals surface area contributed by atoms with Crippen molar-refractivity contribution in [3.63, 3.8) is 0 Å². The summed E-state index contributed by atoms with van der Waals surface area (Å²) in [7, 11) is -4.11. The van der Waals surface area contributed by atoms with Crippen molar-refractivity contribution in [1.29, 1.82) is 0 Å². The van der Waals surface area contributed by atoms with Gasteiger partial charge in [0, 0.05) is 6.20 Å². The van der Waals surface area contributed by atoms with Crippen LogP contribution in [-0.4, -0.2) is 35.7 Å². The number of hydrogen-bond acceptors (Lipinski definition) is 4. The van der Waals surface area contributed by atoms with Gasteiger partial charge in [0.2, 0.25) is 0 Å². The number of alkyl halides is 2. The van der Waals surface area contributed by atoms with Crippen LogP contribution in [0.3, 0.4) is 0 Å². The van der Waals surface area contributed by atoms with Gasteiger partial charge in [-0.3, -0.25) is 9.40 Å². The number of sulfonamides is 1. The van der Waals surface area contributed by atoms with E-state index in [0.29, 0.717) is 5.56 Å². The number of carboxylic acids is 1. The Morgan fingerprint density at radius 2 is 2.04 bits per heavy atom. The summed E-state index contributed by atoms with van der Waals surface area (Å²) in [5.41, 5.74) is 0.284. The quantitative estimate of drug-likeness (QED) is 0.777. The lowest BCUT2D eigenvalue weighted by Gasteiger charge is -2.14. The van der Waals surface area contributed by atoms with Crippen LogP contribution in [0.4, 0.5) is 14.5 Å². The first-order valence-electron chi connectivity index (χ1n) is 7.31. The fourth-order valence-electron chi connectivity index (χ4n) is 2.24. The van der Waals surface area contributed by atoms with Crippen molar-refractivity contribution >= 4 is 21.7 Å². The van der Waals surface area contributed by atoms with Gasteiger partial charge in [-0.2, -0.15) is 5.10 Å². The zero-order valence-corrected chi connectivity index (χ0v) is 14.3. The van der Waals surface area contributed by atoms with E-state index < -0.39 is 29.0 Å². The highest BCUT2D eigenvalue weighted by atomic mass is 32.2. The molecule has 7 nitrogen and oxygen atoms in total. The van der Waals surface area contributed by atoms with Gasteiger partial charge in [-0.05, 0) is 23.6 Å². The van der Waals surface area contributed by atoms with Gasteiger partial charge in [-0.15, -0.1) is 0 Å². The summed E-state index contributed by atoms with van der Waals surface area (Å²) in [4.78, 5) is 10.9. The van der Waals surface area contributed by atoms with Gasteiger partial charge in [0.1, 0.15) is 6.54 Å². The Bertz CT molecular complexity index is 879. The van der Waals surface area contributed by atoms with E-state index in [4.69, 9.17) is 5.11 Å². The molecule has 2 aromatic rings. The SMILES string of the molecule is CC(C)c1ccc(C(=O)O)cc1S(=O)(=O)Nc1cnn(CC(F)F)c1. The molecular formula is C15H17F2N3O4S.